The standard InChI is InChI=1S/C11H11BrN2O3/c1-7-2-9(12)3-8(4-15)11(7)16-5-10-13-6-17-14-10/h2-3,6,15H,4-5H2,1H3. The third-order valence-electron chi connectivity index (χ3n) is 2.24. The molecule has 6 heteroatoms. The molecule has 0 unspecified atom stereocenters. The SMILES string of the molecule is Cc1cc(Br)cc(CO)c1OCc1ncon1. The monoisotopic (exact) mass is 298 g/mol. The molecule has 5 nitrogen and oxygen atoms in total. The van der Waals surface area contributed by atoms with Gasteiger partial charge in [-0.15, -0.1) is 0 Å². The van der Waals surface area contributed by atoms with Crippen molar-refractivity contribution >= 4 is 15.9 Å². The molecule has 0 saturated heterocycles. The Morgan fingerprint density at radius 3 is 2.94 bits per heavy atom. The first kappa shape index (κ1) is 12.1. The summed E-state index contributed by atoms with van der Waals surface area (Å²) < 4.78 is 11.1. The molecule has 0 aliphatic carbocycles. The average molecular weight is 299 g/mol. The maximum Gasteiger partial charge on any atom is 0.213 e. The Morgan fingerprint density at radius 1 is 1.47 bits per heavy atom. The highest BCUT2D eigenvalue weighted by molar-refractivity contribution is 9.10. The van der Waals surface area contributed by atoms with E-state index < -0.39 is 0 Å². The summed E-state index contributed by atoms with van der Waals surface area (Å²) in [5.74, 6) is 1.12. The molecule has 90 valence electrons. The van der Waals surface area contributed by atoms with Crippen LogP contribution >= 0.6 is 15.9 Å². The van der Waals surface area contributed by atoms with Crippen LogP contribution in [0.3, 0.4) is 0 Å². The number of hydrogen-bond acceptors (Lipinski definition) is 5. The predicted octanol–water partition coefficient (Wildman–Crippen LogP) is 2.21. The molecule has 0 aliphatic rings. The van der Waals surface area contributed by atoms with E-state index in [0.29, 0.717) is 11.6 Å². The first-order chi connectivity index (χ1) is 8.20. The Kier molecular flexibility index (Phi) is 3.75. The summed E-state index contributed by atoms with van der Waals surface area (Å²) in [5, 5.41) is 12.9. The van der Waals surface area contributed by atoms with Crippen LogP contribution in [0, 0.1) is 6.92 Å². The number of hydrogen-bond donors (Lipinski definition) is 1. The molecular formula is C11H11BrN2O3. The van der Waals surface area contributed by atoms with Gasteiger partial charge in [0.2, 0.25) is 12.2 Å². The molecular weight excluding hydrogens is 288 g/mol. The van der Waals surface area contributed by atoms with Crippen LogP contribution in [-0.4, -0.2) is 15.2 Å². The molecule has 2 aromatic rings. The van der Waals surface area contributed by atoms with Crippen molar-refractivity contribution in [2.45, 2.75) is 20.1 Å². The lowest BCUT2D eigenvalue weighted by Gasteiger charge is -2.12. The minimum Gasteiger partial charge on any atom is -0.485 e. The average Bonchev–Trinajstić information content (AvgIpc) is 2.79. The van der Waals surface area contributed by atoms with Crippen molar-refractivity contribution in [2.24, 2.45) is 0 Å². The minimum absolute atomic E-state index is 0.0815. The van der Waals surface area contributed by atoms with Gasteiger partial charge >= 0.3 is 0 Å². The highest BCUT2D eigenvalue weighted by Crippen LogP contribution is 2.28. The zero-order valence-electron chi connectivity index (χ0n) is 9.18. The van der Waals surface area contributed by atoms with Gasteiger partial charge < -0.3 is 14.4 Å². The zero-order chi connectivity index (χ0) is 12.3. The summed E-state index contributed by atoms with van der Waals surface area (Å²) in [6.07, 6.45) is 1.25. The van der Waals surface area contributed by atoms with Crippen LogP contribution in [0.15, 0.2) is 27.5 Å². The molecule has 0 atom stereocenters. The number of aliphatic hydroxyl groups is 1. The van der Waals surface area contributed by atoms with Gasteiger partial charge in [-0.3, -0.25) is 0 Å². The first-order valence-corrected chi connectivity index (χ1v) is 5.78. The number of aryl methyl sites for hydroxylation is 1. The maximum absolute atomic E-state index is 9.27. The number of ether oxygens (including phenoxy) is 1. The number of aliphatic hydroxyl groups excluding tert-OH is 1. The third-order valence-corrected chi connectivity index (χ3v) is 2.70. The summed E-state index contributed by atoms with van der Waals surface area (Å²) in [7, 11) is 0. The van der Waals surface area contributed by atoms with Crippen molar-refractivity contribution in [3.63, 3.8) is 0 Å². The van der Waals surface area contributed by atoms with Crippen LogP contribution < -0.4 is 4.74 Å². The highest BCUT2D eigenvalue weighted by Gasteiger charge is 2.09. The van der Waals surface area contributed by atoms with Crippen LogP contribution in [0.2, 0.25) is 0 Å². The van der Waals surface area contributed by atoms with Crippen LogP contribution in [0.5, 0.6) is 5.75 Å². The van der Waals surface area contributed by atoms with Gasteiger partial charge in [-0.05, 0) is 24.6 Å². The summed E-state index contributed by atoms with van der Waals surface area (Å²) in [4.78, 5) is 3.86. The fourth-order valence-electron chi connectivity index (χ4n) is 1.52. The quantitative estimate of drug-likeness (QED) is 0.937. The van der Waals surface area contributed by atoms with E-state index in [1.54, 1.807) is 0 Å². The smallest absolute Gasteiger partial charge is 0.213 e. The summed E-state index contributed by atoms with van der Waals surface area (Å²) in [6, 6.07) is 3.74. The fourth-order valence-corrected chi connectivity index (χ4v) is 2.14. The lowest BCUT2D eigenvalue weighted by atomic mass is 10.1. The van der Waals surface area contributed by atoms with Crippen molar-refractivity contribution < 1.29 is 14.4 Å². The molecule has 17 heavy (non-hydrogen) atoms. The molecule has 0 aliphatic heterocycles. The molecule has 0 saturated carbocycles. The molecule has 0 radical (unpaired) electrons. The Balaban J connectivity index is 2.19. The second kappa shape index (κ2) is 5.29. The van der Waals surface area contributed by atoms with Crippen LogP contribution in [0.4, 0.5) is 0 Å². The van der Waals surface area contributed by atoms with E-state index in [1.165, 1.54) is 6.39 Å². The van der Waals surface area contributed by atoms with Gasteiger partial charge in [0.15, 0.2) is 6.61 Å². The lowest BCUT2D eigenvalue weighted by molar-refractivity contribution is 0.252. The largest absolute Gasteiger partial charge is 0.485 e. The molecule has 1 heterocycles. The van der Waals surface area contributed by atoms with Gasteiger partial charge in [0, 0.05) is 10.0 Å². The molecule has 1 N–H and O–H groups in total. The molecule has 1 aromatic carbocycles. The normalized spacial score (nSPS) is 10.5. The van der Waals surface area contributed by atoms with Crippen molar-refractivity contribution in [1.82, 2.24) is 10.1 Å². The third kappa shape index (κ3) is 2.83. The van der Waals surface area contributed by atoms with Gasteiger partial charge in [-0.25, -0.2) is 0 Å². The fraction of sp³-hybridized carbons (Fsp3) is 0.273. The second-order valence-electron chi connectivity index (χ2n) is 3.51. The van der Waals surface area contributed by atoms with Crippen LogP contribution in [-0.2, 0) is 13.2 Å². The lowest BCUT2D eigenvalue weighted by Crippen LogP contribution is -2.02. The van der Waals surface area contributed by atoms with E-state index in [1.807, 2.05) is 19.1 Å². The van der Waals surface area contributed by atoms with E-state index in [-0.39, 0.29) is 13.2 Å². The van der Waals surface area contributed by atoms with Crippen molar-refractivity contribution in [3.05, 3.63) is 40.0 Å². The summed E-state index contributed by atoms with van der Waals surface area (Å²) in [6.45, 7) is 2.04. The highest BCUT2D eigenvalue weighted by atomic mass is 79.9. The summed E-state index contributed by atoms with van der Waals surface area (Å²) >= 11 is 3.37. The van der Waals surface area contributed by atoms with E-state index in [9.17, 15) is 5.11 Å². The summed E-state index contributed by atoms with van der Waals surface area (Å²) in [5.41, 5.74) is 1.66. The van der Waals surface area contributed by atoms with Crippen molar-refractivity contribution in [1.29, 1.82) is 0 Å². The first-order valence-electron chi connectivity index (χ1n) is 4.98. The molecule has 0 spiro atoms. The van der Waals surface area contributed by atoms with E-state index in [2.05, 4.69) is 30.6 Å². The molecule has 0 amide bonds. The van der Waals surface area contributed by atoms with Crippen LogP contribution in [0.25, 0.3) is 0 Å². The number of benzene rings is 1. The second-order valence-corrected chi connectivity index (χ2v) is 4.42. The Morgan fingerprint density at radius 2 is 2.29 bits per heavy atom. The van der Waals surface area contributed by atoms with E-state index in [4.69, 9.17) is 4.74 Å². The van der Waals surface area contributed by atoms with Gasteiger partial charge in [0.1, 0.15) is 5.75 Å². The van der Waals surface area contributed by atoms with Gasteiger partial charge in [-0.1, -0.05) is 21.1 Å². The molecule has 1 aromatic heterocycles. The molecule has 0 fully saturated rings. The van der Waals surface area contributed by atoms with Gasteiger partial charge in [0.25, 0.3) is 0 Å². The van der Waals surface area contributed by atoms with Gasteiger partial charge in [0.05, 0.1) is 6.61 Å². The number of rotatable bonds is 4. The number of aromatic nitrogens is 2. The van der Waals surface area contributed by atoms with Crippen molar-refractivity contribution in [3.8, 4) is 5.75 Å². The number of nitrogens with zero attached hydrogens (tertiary/aromatic N) is 2. The van der Waals surface area contributed by atoms with E-state index in [0.717, 1.165) is 15.6 Å². The predicted molar refractivity (Wildman–Crippen MR) is 63.4 cm³/mol. The molecule has 0 bridgehead atoms. The topological polar surface area (TPSA) is 68.4 Å². The maximum atomic E-state index is 9.27. The zero-order valence-corrected chi connectivity index (χ0v) is 10.8. The van der Waals surface area contributed by atoms with E-state index >= 15 is 0 Å². The van der Waals surface area contributed by atoms with Crippen LogP contribution in [0.1, 0.15) is 17.0 Å². The minimum atomic E-state index is -0.0815. The Labute approximate surface area is 107 Å². The molecule has 2 rings (SSSR count). The van der Waals surface area contributed by atoms with Gasteiger partial charge in [-0.2, -0.15) is 4.98 Å². The number of halogens is 1. The Bertz CT molecular complexity index is 500. The Hall–Kier alpha value is -1.40. The van der Waals surface area contributed by atoms with Crippen molar-refractivity contribution in [2.75, 3.05) is 0 Å².